The van der Waals surface area contributed by atoms with Crippen LogP contribution < -0.4 is 10.6 Å². The summed E-state index contributed by atoms with van der Waals surface area (Å²) in [5, 5.41) is 6.79. The van der Waals surface area contributed by atoms with Gasteiger partial charge in [0, 0.05) is 60.4 Å². The van der Waals surface area contributed by atoms with Gasteiger partial charge in [-0.1, -0.05) is 30.3 Å². The Bertz CT molecular complexity index is 1180. The molecule has 0 bridgehead atoms. The number of hydrogen-bond donors (Lipinski definition) is 2. The van der Waals surface area contributed by atoms with Crippen LogP contribution in [0.3, 0.4) is 0 Å². The maximum atomic E-state index is 11.9. The van der Waals surface area contributed by atoms with Gasteiger partial charge in [0.25, 0.3) is 0 Å². The first-order valence-electron chi connectivity index (χ1n) is 14.7. The van der Waals surface area contributed by atoms with E-state index >= 15 is 0 Å². The number of nitrogens with one attached hydrogen (secondary N) is 2. The molecule has 0 saturated heterocycles. The van der Waals surface area contributed by atoms with Gasteiger partial charge < -0.3 is 29.6 Å². The van der Waals surface area contributed by atoms with Gasteiger partial charge in [-0.25, -0.2) is 14.6 Å². The molecule has 0 saturated carbocycles. The lowest BCUT2D eigenvalue weighted by Crippen LogP contribution is -2.28. The van der Waals surface area contributed by atoms with Crippen molar-refractivity contribution in [3.05, 3.63) is 77.9 Å². The van der Waals surface area contributed by atoms with Crippen LogP contribution in [0.25, 0.3) is 0 Å². The van der Waals surface area contributed by atoms with Crippen LogP contribution in [-0.2, 0) is 41.4 Å². The summed E-state index contributed by atoms with van der Waals surface area (Å²) in [6.07, 6.45) is -0.181. The molecule has 2 unspecified atom stereocenters. The molecule has 0 amide bonds. The molecular weight excluding hydrogens is 599 g/mol. The smallest absolute Gasteiger partial charge is 0.335 e. The summed E-state index contributed by atoms with van der Waals surface area (Å²) in [5.41, 5.74) is 2.06. The molecule has 2 atom stereocenters. The van der Waals surface area contributed by atoms with Crippen LogP contribution in [0.2, 0.25) is 0 Å². The summed E-state index contributed by atoms with van der Waals surface area (Å²) < 4.78 is 20.7. The summed E-state index contributed by atoms with van der Waals surface area (Å²) in [6, 6.07) is 22.3. The molecule has 238 valence electrons. The predicted octanol–water partition coefficient (Wildman–Crippen LogP) is 5.73. The van der Waals surface area contributed by atoms with Gasteiger partial charge in [0.05, 0.1) is 14.2 Å². The molecule has 2 N–H and O–H groups in total. The molecule has 1 aromatic heterocycles. The van der Waals surface area contributed by atoms with Crippen LogP contribution >= 0.6 is 23.5 Å². The Morgan fingerprint density at radius 2 is 1.09 bits per heavy atom. The average Bonchev–Trinajstić information content (AvgIpc) is 3.05. The normalized spacial score (nSPS) is 12.3. The zero-order valence-corrected chi connectivity index (χ0v) is 27.5. The van der Waals surface area contributed by atoms with Crippen LogP contribution in [-0.4, -0.2) is 81.2 Å². The number of rotatable bonds is 20. The molecular formula is C33H43N3O6S2. The van der Waals surface area contributed by atoms with E-state index in [0.717, 1.165) is 57.1 Å². The number of ether oxygens (including phenoxy) is 4. The highest BCUT2D eigenvalue weighted by Gasteiger charge is 2.20. The number of methoxy groups -OCH3 is 2. The van der Waals surface area contributed by atoms with Crippen molar-refractivity contribution in [2.24, 2.45) is 0 Å². The monoisotopic (exact) mass is 641 g/mol. The standard InChI is InChI=1S/C33H43N3O6S2/c1-5-41-28(32(37)39-3)22-24-10-14-26(15-11-24)43-20-18-34-30-8-7-9-31(36-30)35-19-21-44-27-16-12-25(13-17-27)23-29(42-6-2)33(38)40-4/h7-17,28-29H,5-6,18-23H2,1-4H3,(H2,34,35,36). The fourth-order valence-electron chi connectivity index (χ4n) is 4.29. The van der Waals surface area contributed by atoms with Crippen molar-refractivity contribution >= 4 is 47.1 Å². The number of carbonyl (C=O) groups excluding carboxylic acids is 2. The first-order valence-corrected chi connectivity index (χ1v) is 16.7. The van der Waals surface area contributed by atoms with Crippen molar-refractivity contribution in [2.45, 2.75) is 48.7 Å². The Kier molecular flexibility index (Phi) is 15.9. The number of esters is 2. The second kappa shape index (κ2) is 19.9. The van der Waals surface area contributed by atoms with Crippen LogP contribution in [0.15, 0.2) is 76.5 Å². The molecule has 0 aliphatic heterocycles. The van der Waals surface area contributed by atoms with Crippen LogP contribution in [0.5, 0.6) is 0 Å². The van der Waals surface area contributed by atoms with Crippen molar-refractivity contribution < 1.29 is 28.5 Å². The van der Waals surface area contributed by atoms with Crippen LogP contribution in [0.1, 0.15) is 25.0 Å². The molecule has 0 fully saturated rings. The van der Waals surface area contributed by atoms with Gasteiger partial charge in [-0.15, -0.1) is 23.5 Å². The molecule has 0 aliphatic carbocycles. The zero-order chi connectivity index (χ0) is 31.6. The van der Waals surface area contributed by atoms with Gasteiger partial charge >= 0.3 is 11.9 Å². The molecule has 2 aromatic carbocycles. The summed E-state index contributed by atoms with van der Waals surface area (Å²) >= 11 is 3.51. The third-order valence-electron chi connectivity index (χ3n) is 6.46. The summed E-state index contributed by atoms with van der Waals surface area (Å²) in [4.78, 5) is 30.8. The minimum absolute atomic E-state index is 0.350. The highest BCUT2D eigenvalue weighted by Crippen LogP contribution is 2.21. The van der Waals surface area contributed by atoms with E-state index in [2.05, 4.69) is 39.9 Å². The van der Waals surface area contributed by atoms with Gasteiger partial charge in [0.15, 0.2) is 12.2 Å². The second-order valence-corrected chi connectivity index (χ2v) is 11.9. The minimum Gasteiger partial charge on any atom is -0.467 e. The van der Waals surface area contributed by atoms with Crippen molar-refractivity contribution in [3.8, 4) is 0 Å². The Morgan fingerprint density at radius 1 is 0.682 bits per heavy atom. The molecule has 0 spiro atoms. The fraction of sp³-hybridized carbons (Fsp3) is 0.424. The first-order chi connectivity index (χ1) is 21.4. The van der Waals surface area contributed by atoms with Gasteiger partial charge in [-0.05, 0) is 61.4 Å². The quantitative estimate of drug-likeness (QED) is 0.0897. The Hall–Kier alpha value is -3.25. The van der Waals surface area contributed by atoms with E-state index in [-0.39, 0.29) is 11.9 Å². The number of hydrogen-bond acceptors (Lipinski definition) is 11. The number of nitrogens with zero attached hydrogens (tertiary/aromatic N) is 1. The van der Waals surface area contributed by atoms with Gasteiger partial charge in [-0.2, -0.15) is 0 Å². The number of carbonyl (C=O) groups is 2. The molecule has 1 heterocycles. The van der Waals surface area contributed by atoms with Crippen LogP contribution in [0, 0.1) is 0 Å². The van der Waals surface area contributed by atoms with Gasteiger partial charge in [0.2, 0.25) is 0 Å². The number of pyridine rings is 1. The third kappa shape index (κ3) is 12.4. The van der Waals surface area contributed by atoms with Crippen molar-refractivity contribution in [1.82, 2.24) is 4.98 Å². The summed E-state index contributed by atoms with van der Waals surface area (Å²) in [5.74, 6) is 2.72. The molecule has 0 radical (unpaired) electrons. The summed E-state index contributed by atoms with van der Waals surface area (Å²) in [6.45, 7) is 6.20. The van der Waals surface area contributed by atoms with E-state index in [0.29, 0.717) is 26.1 Å². The molecule has 0 aliphatic rings. The second-order valence-electron chi connectivity index (χ2n) is 9.59. The van der Waals surface area contributed by atoms with Gasteiger partial charge in [-0.3, -0.25) is 0 Å². The highest BCUT2D eigenvalue weighted by molar-refractivity contribution is 7.99. The summed E-state index contributed by atoms with van der Waals surface area (Å²) in [7, 11) is 2.76. The van der Waals surface area contributed by atoms with E-state index in [9.17, 15) is 9.59 Å². The number of thioether (sulfide) groups is 2. The Labute approximate surface area is 269 Å². The Balaban J connectivity index is 1.35. The SMILES string of the molecule is CCOC(Cc1ccc(SCCNc2cccc(NCCSc3ccc(CC(OCC)C(=O)OC)cc3)n2)cc1)C(=O)OC. The molecule has 44 heavy (non-hydrogen) atoms. The fourth-order valence-corrected chi connectivity index (χ4v) is 5.82. The van der Waals surface area contributed by atoms with E-state index in [4.69, 9.17) is 18.9 Å². The van der Waals surface area contributed by atoms with Gasteiger partial charge in [0.1, 0.15) is 11.6 Å². The van der Waals surface area contributed by atoms with Crippen LogP contribution in [0.4, 0.5) is 11.6 Å². The van der Waals surface area contributed by atoms with E-state index < -0.39 is 12.2 Å². The maximum absolute atomic E-state index is 11.9. The zero-order valence-electron chi connectivity index (χ0n) is 25.9. The van der Waals surface area contributed by atoms with Crippen molar-refractivity contribution in [2.75, 3.05) is 62.7 Å². The molecule has 3 rings (SSSR count). The Morgan fingerprint density at radius 3 is 1.45 bits per heavy atom. The lowest BCUT2D eigenvalue weighted by Gasteiger charge is -2.14. The average molecular weight is 642 g/mol. The number of aromatic nitrogens is 1. The highest BCUT2D eigenvalue weighted by atomic mass is 32.2. The van der Waals surface area contributed by atoms with Crippen molar-refractivity contribution in [1.29, 1.82) is 0 Å². The molecule has 9 nitrogen and oxygen atoms in total. The number of anilines is 2. The van der Waals surface area contributed by atoms with Crippen molar-refractivity contribution in [3.63, 3.8) is 0 Å². The molecule has 11 heteroatoms. The predicted molar refractivity (Wildman–Crippen MR) is 178 cm³/mol. The van der Waals surface area contributed by atoms with E-state index in [1.807, 2.05) is 56.3 Å². The number of benzene rings is 2. The minimum atomic E-state index is -0.581. The topological polar surface area (TPSA) is 108 Å². The third-order valence-corrected chi connectivity index (χ3v) is 8.48. The lowest BCUT2D eigenvalue weighted by atomic mass is 10.1. The first kappa shape index (κ1) is 35.2. The van der Waals surface area contributed by atoms with E-state index in [1.54, 1.807) is 23.5 Å². The molecule has 3 aromatic rings. The van der Waals surface area contributed by atoms with E-state index in [1.165, 1.54) is 14.2 Å². The maximum Gasteiger partial charge on any atom is 0.335 e. The lowest BCUT2D eigenvalue weighted by molar-refractivity contribution is -0.154. The largest absolute Gasteiger partial charge is 0.467 e.